The molecule has 0 aliphatic heterocycles. The molecule has 0 aliphatic rings. The van der Waals surface area contributed by atoms with Crippen molar-refractivity contribution >= 4 is 50.5 Å². The number of rotatable bonds is 5. The third-order valence-electron chi connectivity index (χ3n) is 2.56. The summed E-state index contributed by atoms with van der Waals surface area (Å²) in [7, 11) is -3.77. The van der Waals surface area contributed by atoms with E-state index in [2.05, 4.69) is 20.2 Å². The number of ether oxygens (including phenoxy) is 1. The summed E-state index contributed by atoms with van der Waals surface area (Å²) >= 11 is 10.6. The fraction of sp³-hybridized carbons (Fsp3) is 0.154. The monoisotopic (exact) mass is 372 g/mol. The molecule has 2 rings (SSSR count). The molecule has 0 unspecified atom stereocenters. The first kappa shape index (κ1) is 17.4. The van der Waals surface area contributed by atoms with Gasteiger partial charge in [-0.1, -0.05) is 11.6 Å². The molecular formula is C13H13ClN4O3S2. The standard InChI is InChI=1S/C13H13ClN4O3S2/c1-2-21-13(22)15-9-3-5-10(6-4-9)23(19,20)18-12-8-7-11(14)16-17-12/h3-8H,2H2,1H3,(H,15,22)(H,17,18). The lowest BCUT2D eigenvalue weighted by molar-refractivity contribution is 0.335. The molecule has 0 spiro atoms. The van der Waals surface area contributed by atoms with Gasteiger partial charge in [-0.25, -0.2) is 8.42 Å². The minimum atomic E-state index is -3.77. The van der Waals surface area contributed by atoms with Gasteiger partial charge in [0, 0.05) is 5.69 Å². The Balaban J connectivity index is 2.11. The summed E-state index contributed by atoms with van der Waals surface area (Å²) in [5.74, 6) is 0.0779. The zero-order valence-electron chi connectivity index (χ0n) is 12.0. The van der Waals surface area contributed by atoms with E-state index in [9.17, 15) is 8.42 Å². The van der Waals surface area contributed by atoms with Gasteiger partial charge in [0.2, 0.25) is 0 Å². The van der Waals surface area contributed by atoms with E-state index in [1.165, 1.54) is 24.3 Å². The highest BCUT2D eigenvalue weighted by atomic mass is 35.5. The van der Waals surface area contributed by atoms with Crippen LogP contribution in [0.2, 0.25) is 5.15 Å². The van der Waals surface area contributed by atoms with Gasteiger partial charge < -0.3 is 10.1 Å². The van der Waals surface area contributed by atoms with Crippen molar-refractivity contribution < 1.29 is 13.2 Å². The maximum atomic E-state index is 12.2. The summed E-state index contributed by atoms with van der Waals surface area (Å²) in [5, 5.41) is 10.4. The van der Waals surface area contributed by atoms with Crippen molar-refractivity contribution in [2.24, 2.45) is 0 Å². The number of halogens is 1. The van der Waals surface area contributed by atoms with Crippen molar-refractivity contribution in [2.75, 3.05) is 16.6 Å². The van der Waals surface area contributed by atoms with Gasteiger partial charge >= 0.3 is 0 Å². The van der Waals surface area contributed by atoms with Crippen molar-refractivity contribution in [1.29, 1.82) is 0 Å². The second-order valence-electron chi connectivity index (χ2n) is 4.22. The third-order valence-corrected chi connectivity index (χ3v) is 4.35. The van der Waals surface area contributed by atoms with E-state index in [0.717, 1.165) is 0 Å². The molecule has 2 aromatic rings. The van der Waals surface area contributed by atoms with E-state index in [1.807, 2.05) is 6.92 Å². The Labute approximate surface area is 144 Å². The highest BCUT2D eigenvalue weighted by molar-refractivity contribution is 7.92. The average Bonchev–Trinajstić information content (AvgIpc) is 2.50. The summed E-state index contributed by atoms with van der Waals surface area (Å²) in [6.07, 6.45) is 0. The summed E-state index contributed by atoms with van der Waals surface area (Å²) < 4.78 is 31.9. The van der Waals surface area contributed by atoms with E-state index in [4.69, 9.17) is 28.6 Å². The minimum absolute atomic E-state index is 0.0714. The molecular weight excluding hydrogens is 360 g/mol. The van der Waals surface area contributed by atoms with Crippen LogP contribution in [0.3, 0.4) is 0 Å². The maximum absolute atomic E-state index is 12.2. The van der Waals surface area contributed by atoms with Crippen LogP contribution in [-0.2, 0) is 14.8 Å². The van der Waals surface area contributed by atoms with Crippen LogP contribution >= 0.6 is 23.8 Å². The van der Waals surface area contributed by atoms with Crippen LogP contribution in [0.5, 0.6) is 0 Å². The first-order valence-electron chi connectivity index (χ1n) is 6.46. The normalized spacial score (nSPS) is 10.9. The molecule has 1 aromatic carbocycles. The molecule has 23 heavy (non-hydrogen) atoms. The predicted molar refractivity (Wildman–Crippen MR) is 92.1 cm³/mol. The van der Waals surface area contributed by atoms with E-state index < -0.39 is 10.0 Å². The molecule has 0 atom stereocenters. The summed E-state index contributed by atoms with van der Waals surface area (Å²) in [6, 6.07) is 8.88. The van der Waals surface area contributed by atoms with Gasteiger partial charge in [0.1, 0.15) is 0 Å². The smallest absolute Gasteiger partial charge is 0.263 e. The first-order valence-corrected chi connectivity index (χ1v) is 8.73. The Morgan fingerprint density at radius 3 is 2.48 bits per heavy atom. The topological polar surface area (TPSA) is 93.2 Å². The van der Waals surface area contributed by atoms with E-state index in [1.54, 1.807) is 12.1 Å². The highest BCUT2D eigenvalue weighted by Gasteiger charge is 2.15. The van der Waals surface area contributed by atoms with Gasteiger partial charge in [-0.2, -0.15) is 0 Å². The fourth-order valence-electron chi connectivity index (χ4n) is 1.57. The van der Waals surface area contributed by atoms with Crippen LogP contribution < -0.4 is 10.0 Å². The number of aromatic nitrogens is 2. The Morgan fingerprint density at radius 1 is 1.22 bits per heavy atom. The van der Waals surface area contributed by atoms with Crippen LogP contribution in [-0.4, -0.2) is 30.4 Å². The van der Waals surface area contributed by atoms with E-state index in [-0.39, 0.29) is 21.0 Å². The molecule has 2 N–H and O–H groups in total. The molecule has 122 valence electrons. The lowest BCUT2D eigenvalue weighted by atomic mass is 10.3. The number of hydrogen-bond donors (Lipinski definition) is 2. The first-order chi connectivity index (χ1) is 10.9. The van der Waals surface area contributed by atoms with Crippen LogP contribution in [0.25, 0.3) is 0 Å². The van der Waals surface area contributed by atoms with Crippen molar-refractivity contribution in [3.8, 4) is 0 Å². The number of benzene rings is 1. The molecule has 0 saturated carbocycles. The van der Waals surface area contributed by atoms with Crippen molar-refractivity contribution in [1.82, 2.24) is 10.2 Å². The molecule has 1 heterocycles. The molecule has 7 nitrogen and oxygen atoms in total. The van der Waals surface area contributed by atoms with Crippen LogP contribution in [0, 0.1) is 0 Å². The zero-order chi connectivity index (χ0) is 16.9. The van der Waals surface area contributed by atoms with Crippen LogP contribution in [0.15, 0.2) is 41.3 Å². The second-order valence-corrected chi connectivity index (χ2v) is 6.66. The lowest BCUT2D eigenvalue weighted by Crippen LogP contribution is -2.15. The zero-order valence-corrected chi connectivity index (χ0v) is 14.4. The van der Waals surface area contributed by atoms with Crippen molar-refractivity contribution in [2.45, 2.75) is 11.8 Å². The largest absolute Gasteiger partial charge is 0.471 e. The summed E-state index contributed by atoms with van der Waals surface area (Å²) in [6.45, 7) is 2.26. The molecule has 1 aromatic heterocycles. The SMILES string of the molecule is CCOC(=S)Nc1ccc(S(=O)(=O)Nc2ccc(Cl)nn2)cc1. The lowest BCUT2D eigenvalue weighted by Gasteiger charge is -2.10. The predicted octanol–water partition coefficient (Wildman–Crippen LogP) is 2.66. The Kier molecular flexibility index (Phi) is 5.69. The molecule has 0 amide bonds. The van der Waals surface area contributed by atoms with Gasteiger partial charge in [-0.3, -0.25) is 4.72 Å². The minimum Gasteiger partial charge on any atom is -0.471 e. The average molecular weight is 373 g/mol. The van der Waals surface area contributed by atoms with Crippen molar-refractivity contribution in [3.63, 3.8) is 0 Å². The second kappa shape index (κ2) is 7.53. The molecule has 0 aliphatic carbocycles. The Bertz CT molecular complexity index is 780. The van der Waals surface area contributed by atoms with Gasteiger partial charge in [0.05, 0.1) is 11.5 Å². The Hall–Kier alpha value is -1.97. The molecule has 0 bridgehead atoms. The Morgan fingerprint density at radius 2 is 1.91 bits per heavy atom. The van der Waals surface area contributed by atoms with E-state index >= 15 is 0 Å². The number of nitrogens with one attached hydrogen (secondary N) is 2. The van der Waals surface area contributed by atoms with Gasteiger partial charge in [-0.05, 0) is 55.5 Å². The summed E-state index contributed by atoms with van der Waals surface area (Å²) in [4.78, 5) is 0.0714. The van der Waals surface area contributed by atoms with E-state index in [0.29, 0.717) is 12.3 Å². The molecule has 10 heteroatoms. The third kappa shape index (κ3) is 5.02. The molecule has 0 saturated heterocycles. The number of hydrogen-bond acceptors (Lipinski definition) is 6. The number of anilines is 2. The quantitative estimate of drug-likeness (QED) is 0.779. The summed E-state index contributed by atoms with van der Waals surface area (Å²) in [5.41, 5.74) is 0.619. The van der Waals surface area contributed by atoms with Crippen LogP contribution in [0.1, 0.15) is 6.92 Å². The van der Waals surface area contributed by atoms with Gasteiger partial charge in [-0.15, -0.1) is 10.2 Å². The number of sulfonamides is 1. The molecule has 0 radical (unpaired) electrons. The number of thiocarbonyl (C=S) groups is 1. The molecule has 0 fully saturated rings. The van der Waals surface area contributed by atoms with Crippen LogP contribution in [0.4, 0.5) is 11.5 Å². The van der Waals surface area contributed by atoms with Gasteiger partial charge in [0.15, 0.2) is 11.0 Å². The fourth-order valence-corrected chi connectivity index (χ4v) is 2.90. The van der Waals surface area contributed by atoms with Crippen molar-refractivity contribution in [3.05, 3.63) is 41.6 Å². The highest BCUT2D eigenvalue weighted by Crippen LogP contribution is 2.17. The number of nitrogens with zero attached hydrogens (tertiary/aromatic N) is 2. The maximum Gasteiger partial charge on any atom is 0.263 e. The van der Waals surface area contributed by atoms with Gasteiger partial charge in [0.25, 0.3) is 15.2 Å².